The van der Waals surface area contributed by atoms with E-state index in [1.807, 2.05) is 23.3 Å². The van der Waals surface area contributed by atoms with Crippen molar-refractivity contribution in [1.82, 2.24) is 4.90 Å². The first-order valence-corrected chi connectivity index (χ1v) is 34.6. The Morgan fingerprint density at radius 3 is 1.71 bits per heavy atom. The van der Waals surface area contributed by atoms with E-state index in [0.29, 0.717) is 85.1 Å². The van der Waals surface area contributed by atoms with Gasteiger partial charge in [0.2, 0.25) is 17.5 Å². The molecule has 1 atom stereocenters. The van der Waals surface area contributed by atoms with Crippen LogP contribution in [0.5, 0.6) is 0 Å². The SMILES string of the molecule is COCCOCCOCCOCCN1C(=CC=C(C)C=CC2=[N+](CCCCCC(=O)CN3C(=O)CCC3=O)c3ccc4c(S(=O)(=O)O)cc(S(=O)(=O)O)cc4c3C2(C)C)C(C)(CCCS(=O)(=O)O)c2c1ccc1c(S(=O)(=O)O)cc(S(=O)(=O)O)cc21. The summed E-state index contributed by atoms with van der Waals surface area (Å²) in [6.07, 6.45) is 8.26. The van der Waals surface area contributed by atoms with Gasteiger partial charge in [-0.15, -0.1) is 0 Å². The summed E-state index contributed by atoms with van der Waals surface area (Å²) in [5.74, 6) is -1.81. The number of hydrogen-bond acceptors (Lipinski definition) is 18. The molecule has 4 aromatic carbocycles. The van der Waals surface area contributed by atoms with Crippen LogP contribution < -0.4 is 4.90 Å². The van der Waals surface area contributed by atoms with Gasteiger partial charge in [0, 0.05) is 84.6 Å². The van der Waals surface area contributed by atoms with E-state index in [4.69, 9.17) is 18.9 Å². The highest BCUT2D eigenvalue weighted by molar-refractivity contribution is 7.87. The van der Waals surface area contributed by atoms with E-state index in [1.165, 1.54) is 12.1 Å². The number of amides is 2. The van der Waals surface area contributed by atoms with Crippen molar-refractivity contribution >= 4 is 107 Å². The summed E-state index contributed by atoms with van der Waals surface area (Å²) in [6, 6.07) is 9.40. The second-order valence-electron chi connectivity index (χ2n) is 21.7. The first-order chi connectivity index (χ1) is 40.1. The lowest BCUT2D eigenvalue weighted by atomic mass is 9.75. The van der Waals surface area contributed by atoms with Crippen molar-refractivity contribution in [2.24, 2.45) is 0 Å². The molecule has 0 bridgehead atoms. The van der Waals surface area contributed by atoms with E-state index in [1.54, 1.807) is 57.4 Å². The van der Waals surface area contributed by atoms with Crippen LogP contribution in [0.2, 0.25) is 0 Å². The van der Waals surface area contributed by atoms with E-state index < -0.39 is 98.6 Å². The standard InChI is InChI=1S/C56H69N3O22S5/c1-37(11-17-49-55(2,3)53-43-32-39(83(66,67)68)34-47(85(72,73)74)41(43)13-15-45(53)57(49)22-8-6-7-10-38(60)36-59-51(61)19-20-52(59)62)12-18-50-56(4,21-9-31-82(63,64)65)54-44-33-40(84(69,70)71)35-48(86(75,76)77)42(44)14-16-46(54)58(50)23-24-79-27-28-81-30-29-80-26-25-78-5/h11-18,32-35H,6-10,19-31,36H2,1-5H3,(H4-,63,64,65,66,67,68,69,70,71,72,73,74,75,76,77)/p+1. The number of ketones is 1. The number of carbonyl (C=O) groups excluding carboxylic acids is 3. The molecule has 0 radical (unpaired) electrons. The van der Waals surface area contributed by atoms with Crippen LogP contribution in [0.3, 0.4) is 0 Å². The molecule has 4 aromatic rings. The number of benzene rings is 4. The molecule has 86 heavy (non-hydrogen) atoms. The smallest absolute Gasteiger partial charge is 0.295 e. The van der Waals surface area contributed by atoms with Gasteiger partial charge in [-0.1, -0.05) is 23.8 Å². The molecule has 5 N–H and O–H groups in total. The van der Waals surface area contributed by atoms with E-state index in [9.17, 15) is 79.2 Å². The van der Waals surface area contributed by atoms with E-state index in [0.717, 1.165) is 17.0 Å². The molecule has 0 aromatic heterocycles. The van der Waals surface area contributed by atoms with Crippen LogP contribution in [0, 0.1) is 0 Å². The summed E-state index contributed by atoms with van der Waals surface area (Å²) in [6.45, 7) is 8.90. The Kier molecular flexibility index (Phi) is 21.2. The normalized spacial score (nSPS) is 18.3. The molecule has 7 rings (SSSR count). The van der Waals surface area contributed by atoms with Crippen LogP contribution in [0.25, 0.3) is 21.5 Å². The molecule has 30 heteroatoms. The predicted octanol–water partition coefficient (Wildman–Crippen LogP) is 6.16. The first kappa shape index (κ1) is 67.8. The quantitative estimate of drug-likeness (QED) is 0.0124. The highest BCUT2D eigenvalue weighted by Crippen LogP contribution is 2.54. The maximum Gasteiger partial charge on any atom is 0.295 e. The predicted molar refractivity (Wildman–Crippen MR) is 315 cm³/mol. The molecule has 2 amide bonds. The Bertz CT molecular complexity index is 4050. The minimum absolute atomic E-state index is 0.0308. The monoisotopic (exact) mass is 1300 g/mol. The summed E-state index contributed by atoms with van der Waals surface area (Å²) < 4.78 is 202. The highest BCUT2D eigenvalue weighted by Gasteiger charge is 2.47. The first-order valence-electron chi connectivity index (χ1n) is 27.2. The number of allylic oxidation sites excluding steroid dienone is 6. The summed E-state index contributed by atoms with van der Waals surface area (Å²) in [7, 11) is -23.4. The zero-order chi connectivity index (χ0) is 63.4. The second kappa shape index (κ2) is 26.9. The maximum absolute atomic E-state index is 12.9. The zero-order valence-corrected chi connectivity index (χ0v) is 52.0. The Hall–Kier alpha value is -5.71. The number of ether oxygens (including phenoxy) is 4. The molecule has 1 saturated heterocycles. The van der Waals surface area contributed by atoms with Crippen LogP contribution in [0.15, 0.2) is 104 Å². The lowest BCUT2D eigenvalue weighted by molar-refractivity contribution is -0.438. The molecule has 3 heterocycles. The summed E-state index contributed by atoms with van der Waals surface area (Å²) in [4.78, 5) is 36.7. The maximum atomic E-state index is 12.9. The van der Waals surface area contributed by atoms with Crippen molar-refractivity contribution in [3.8, 4) is 0 Å². The molecule has 0 spiro atoms. The van der Waals surface area contributed by atoms with Crippen LogP contribution in [0.4, 0.5) is 11.4 Å². The van der Waals surface area contributed by atoms with Gasteiger partial charge in [-0.25, -0.2) is 0 Å². The van der Waals surface area contributed by atoms with Crippen molar-refractivity contribution in [3.63, 3.8) is 0 Å². The molecule has 1 unspecified atom stereocenters. The third kappa shape index (κ3) is 15.8. The Balaban J connectivity index is 1.32. The fraction of sp³-hybridized carbons (Fsp3) is 0.464. The average molecular weight is 1300 g/mol. The molecular weight excluding hydrogens is 1230 g/mol. The number of carbonyl (C=O) groups is 3. The minimum atomic E-state index is -5.16. The van der Waals surface area contributed by atoms with Crippen LogP contribution in [-0.4, -0.2) is 176 Å². The Morgan fingerprint density at radius 1 is 0.640 bits per heavy atom. The summed E-state index contributed by atoms with van der Waals surface area (Å²) >= 11 is 0. The number of anilines is 1. The average Bonchev–Trinajstić information content (AvgIpc) is 1.56. The molecule has 0 saturated carbocycles. The lowest BCUT2D eigenvalue weighted by Crippen LogP contribution is -2.34. The Labute approximate surface area is 500 Å². The molecule has 3 aliphatic rings. The molecule has 25 nitrogen and oxygen atoms in total. The van der Waals surface area contributed by atoms with Crippen molar-refractivity contribution < 1.29 is 103 Å². The second-order valence-corrected chi connectivity index (χ2v) is 28.9. The number of rotatable bonds is 31. The molecule has 3 aliphatic heterocycles. The topological polar surface area (TPSA) is 369 Å². The van der Waals surface area contributed by atoms with Crippen molar-refractivity contribution in [1.29, 1.82) is 0 Å². The zero-order valence-electron chi connectivity index (χ0n) is 47.9. The fourth-order valence-corrected chi connectivity index (χ4v) is 14.5. The van der Waals surface area contributed by atoms with Crippen LogP contribution in [-0.2, 0) is 94.8 Å². The number of unbranched alkanes of at least 4 members (excludes halogenated alkanes) is 2. The van der Waals surface area contributed by atoms with Gasteiger partial charge in [0.25, 0.3) is 50.6 Å². The molecule has 470 valence electrons. The number of likely N-dealkylation sites (tertiary alicyclic amines) is 1. The number of Topliss-reactive ketones (excluding diaryl/α,β-unsaturated/α-hetero) is 1. The number of imide groups is 1. The molecule has 0 aliphatic carbocycles. The van der Waals surface area contributed by atoms with E-state index in [-0.39, 0.29) is 111 Å². The third-order valence-electron chi connectivity index (χ3n) is 15.3. The van der Waals surface area contributed by atoms with Gasteiger partial charge in [-0.3, -0.25) is 42.0 Å². The number of fused-ring (bicyclic) bond motifs is 6. The number of nitrogens with zero attached hydrogens (tertiary/aromatic N) is 3. The van der Waals surface area contributed by atoms with E-state index >= 15 is 0 Å². The number of hydrogen-bond donors (Lipinski definition) is 5. The van der Waals surface area contributed by atoms with Gasteiger partial charge in [-0.2, -0.15) is 46.7 Å². The van der Waals surface area contributed by atoms with Gasteiger partial charge in [-0.05, 0) is 112 Å². The summed E-state index contributed by atoms with van der Waals surface area (Å²) in [5, 5.41) is -0.110. The number of methoxy groups -OCH3 is 1. The van der Waals surface area contributed by atoms with Gasteiger partial charge >= 0.3 is 0 Å². The van der Waals surface area contributed by atoms with Gasteiger partial charge < -0.3 is 23.8 Å². The third-order valence-corrected chi connectivity index (χ3v) is 19.6. The fourth-order valence-electron chi connectivity index (χ4n) is 11.3. The summed E-state index contributed by atoms with van der Waals surface area (Å²) in [5.41, 5.74) is 0.800. The van der Waals surface area contributed by atoms with Crippen molar-refractivity contribution in [2.75, 3.05) is 83.6 Å². The lowest BCUT2D eigenvalue weighted by Gasteiger charge is -2.31. The van der Waals surface area contributed by atoms with Crippen LogP contribution >= 0.6 is 0 Å². The van der Waals surface area contributed by atoms with E-state index in [2.05, 4.69) is 0 Å². The van der Waals surface area contributed by atoms with Crippen molar-refractivity contribution in [2.45, 2.75) is 109 Å². The Morgan fingerprint density at radius 2 is 1.17 bits per heavy atom. The molecule has 1 fully saturated rings. The van der Waals surface area contributed by atoms with Gasteiger partial charge in [0.05, 0.1) is 73.8 Å². The highest BCUT2D eigenvalue weighted by atomic mass is 32.2. The van der Waals surface area contributed by atoms with Gasteiger partial charge in [0.15, 0.2) is 11.5 Å². The van der Waals surface area contributed by atoms with Crippen LogP contribution in [0.1, 0.15) is 90.2 Å². The van der Waals surface area contributed by atoms with Gasteiger partial charge in [0.1, 0.15) is 16.3 Å². The minimum Gasteiger partial charge on any atom is -0.382 e. The largest absolute Gasteiger partial charge is 0.382 e. The van der Waals surface area contributed by atoms with Crippen molar-refractivity contribution in [3.05, 3.63) is 95.2 Å². The molecular formula is C56H70N3O22S5+.